The highest BCUT2D eigenvalue weighted by atomic mass is 19.2. The number of hydrogen-bond acceptors (Lipinski definition) is 0. The van der Waals surface area contributed by atoms with Gasteiger partial charge in [-0.05, 0) is 78.7 Å². The molecule has 1 atom stereocenters. The van der Waals surface area contributed by atoms with Crippen LogP contribution >= 0.6 is 0 Å². The molecule has 0 heterocycles. The molecule has 2 aromatic rings. The van der Waals surface area contributed by atoms with Crippen LogP contribution in [0.2, 0.25) is 0 Å². The summed E-state index contributed by atoms with van der Waals surface area (Å²) < 4.78 is 55.6. The summed E-state index contributed by atoms with van der Waals surface area (Å²) in [4.78, 5) is 0. The zero-order valence-corrected chi connectivity index (χ0v) is 16.9. The molecule has 0 aromatic heterocycles. The quantitative estimate of drug-likeness (QED) is 0.363. The van der Waals surface area contributed by atoms with E-state index in [-0.39, 0.29) is 11.1 Å². The molecule has 1 saturated carbocycles. The van der Waals surface area contributed by atoms with Crippen molar-refractivity contribution in [1.29, 1.82) is 0 Å². The summed E-state index contributed by atoms with van der Waals surface area (Å²) in [5, 5.41) is 0. The molecule has 2 aliphatic rings. The Bertz CT molecular complexity index is 858. The molecule has 0 aliphatic heterocycles. The van der Waals surface area contributed by atoms with Crippen LogP contribution in [0.25, 0.3) is 11.1 Å². The average molecular weight is 404 g/mol. The molecular formula is C25H28F4. The molecule has 2 aromatic carbocycles. The second-order valence-electron chi connectivity index (χ2n) is 8.89. The Kier molecular flexibility index (Phi) is 5.98. The smallest absolute Gasteiger partial charge is 0.194 e. The van der Waals surface area contributed by atoms with Crippen LogP contribution in [-0.2, 0) is 12.8 Å². The van der Waals surface area contributed by atoms with Crippen molar-refractivity contribution in [2.75, 3.05) is 0 Å². The van der Waals surface area contributed by atoms with Crippen LogP contribution in [0.5, 0.6) is 0 Å². The lowest BCUT2D eigenvalue weighted by molar-refractivity contribution is 0.183. The molecule has 0 amide bonds. The largest absolute Gasteiger partial charge is 0.206 e. The van der Waals surface area contributed by atoms with Gasteiger partial charge in [-0.2, -0.15) is 0 Å². The second-order valence-corrected chi connectivity index (χ2v) is 8.89. The molecule has 1 fully saturated rings. The summed E-state index contributed by atoms with van der Waals surface area (Å²) in [5.41, 5.74) is 1.85. The third kappa shape index (κ3) is 4.08. The van der Waals surface area contributed by atoms with E-state index in [1.165, 1.54) is 38.5 Å². The molecule has 0 N–H and O–H groups in total. The highest BCUT2D eigenvalue weighted by molar-refractivity contribution is 5.66. The van der Waals surface area contributed by atoms with Gasteiger partial charge in [0.25, 0.3) is 0 Å². The van der Waals surface area contributed by atoms with Crippen LogP contribution in [0, 0.1) is 41.0 Å². The summed E-state index contributed by atoms with van der Waals surface area (Å²) in [7, 11) is 0. The third-order valence-electron chi connectivity index (χ3n) is 7.14. The monoisotopic (exact) mass is 404 g/mol. The zero-order chi connectivity index (χ0) is 20.5. The fraction of sp³-hybridized carbons (Fsp3) is 0.520. The van der Waals surface area contributed by atoms with Gasteiger partial charge in [0.05, 0.1) is 0 Å². The lowest BCUT2D eigenvalue weighted by Crippen LogP contribution is -2.27. The van der Waals surface area contributed by atoms with Crippen LogP contribution in [-0.4, -0.2) is 0 Å². The SMILES string of the molecule is CCCC1CCC(C2CCc3c(ccc(-c4cc(F)c(F)c(F)c4)c3F)C2)CC1. The van der Waals surface area contributed by atoms with E-state index < -0.39 is 23.3 Å². The number of hydrogen-bond donors (Lipinski definition) is 0. The summed E-state index contributed by atoms with van der Waals surface area (Å²) in [6.07, 6.45) is 10.3. The Hall–Kier alpha value is -1.84. The minimum Gasteiger partial charge on any atom is -0.206 e. The van der Waals surface area contributed by atoms with Crippen molar-refractivity contribution in [3.63, 3.8) is 0 Å². The topological polar surface area (TPSA) is 0 Å². The maximum atomic E-state index is 15.2. The first kappa shape index (κ1) is 20.4. The predicted octanol–water partition coefficient (Wildman–Crippen LogP) is 7.62. The maximum absolute atomic E-state index is 15.2. The maximum Gasteiger partial charge on any atom is 0.194 e. The van der Waals surface area contributed by atoms with Crippen molar-refractivity contribution in [3.8, 4) is 11.1 Å². The van der Waals surface area contributed by atoms with E-state index in [0.717, 1.165) is 42.4 Å². The van der Waals surface area contributed by atoms with E-state index in [1.807, 2.05) is 6.07 Å². The van der Waals surface area contributed by atoms with Gasteiger partial charge < -0.3 is 0 Å². The third-order valence-corrected chi connectivity index (χ3v) is 7.14. The number of fused-ring (bicyclic) bond motifs is 1. The fourth-order valence-electron chi connectivity index (χ4n) is 5.53. The number of benzene rings is 2. The van der Waals surface area contributed by atoms with Crippen LogP contribution in [0.4, 0.5) is 17.6 Å². The molecule has 0 bridgehead atoms. The molecule has 4 rings (SSSR count). The van der Waals surface area contributed by atoms with Crippen LogP contribution in [0.15, 0.2) is 24.3 Å². The van der Waals surface area contributed by atoms with Crippen LogP contribution < -0.4 is 0 Å². The summed E-state index contributed by atoms with van der Waals surface area (Å²) in [5.74, 6) is -2.34. The second kappa shape index (κ2) is 8.49. The number of rotatable bonds is 4. The standard InChI is InChI=1S/C25H28F4/c1-2-3-15-4-6-16(7-5-15)17-8-10-20-18(12-17)9-11-21(24(20)28)19-13-22(26)25(29)23(27)14-19/h9,11,13-17H,2-8,10,12H2,1H3. The Labute approximate surface area is 170 Å². The van der Waals surface area contributed by atoms with Crippen molar-refractivity contribution in [2.45, 2.75) is 64.7 Å². The Morgan fingerprint density at radius 3 is 2.17 bits per heavy atom. The summed E-state index contributed by atoms with van der Waals surface area (Å²) in [6.45, 7) is 2.25. The minimum atomic E-state index is -1.52. The van der Waals surface area contributed by atoms with Crippen molar-refractivity contribution in [2.24, 2.45) is 17.8 Å². The van der Waals surface area contributed by atoms with E-state index in [1.54, 1.807) is 6.07 Å². The lowest BCUT2D eigenvalue weighted by atomic mass is 9.69. The van der Waals surface area contributed by atoms with Gasteiger partial charge in [0.2, 0.25) is 0 Å². The van der Waals surface area contributed by atoms with Crippen molar-refractivity contribution < 1.29 is 17.6 Å². The van der Waals surface area contributed by atoms with E-state index >= 15 is 4.39 Å². The molecule has 1 unspecified atom stereocenters. The normalized spacial score (nSPS) is 24.4. The average Bonchev–Trinajstić information content (AvgIpc) is 2.72. The van der Waals surface area contributed by atoms with E-state index in [0.29, 0.717) is 17.9 Å². The molecule has 156 valence electrons. The van der Waals surface area contributed by atoms with Crippen LogP contribution in [0.3, 0.4) is 0 Å². The molecule has 0 nitrogen and oxygen atoms in total. The fourth-order valence-corrected chi connectivity index (χ4v) is 5.53. The Morgan fingerprint density at radius 1 is 0.828 bits per heavy atom. The minimum absolute atomic E-state index is 0.0399. The Balaban J connectivity index is 1.52. The molecule has 0 radical (unpaired) electrons. The first-order chi connectivity index (χ1) is 14.0. The lowest BCUT2D eigenvalue weighted by Gasteiger charge is -2.36. The van der Waals surface area contributed by atoms with Gasteiger partial charge in [-0.15, -0.1) is 0 Å². The van der Waals surface area contributed by atoms with Gasteiger partial charge in [0, 0.05) is 5.56 Å². The molecule has 0 spiro atoms. The molecule has 0 saturated heterocycles. The van der Waals surface area contributed by atoms with Crippen molar-refractivity contribution >= 4 is 0 Å². The molecule has 4 heteroatoms. The molecule has 2 aliphatic carbocycles. The van der Waals surface area contributed by atoms with Crippen LogP contribution in [0.1, 0.15) is 63.0 Å². The van der Waals surface area contributed by atoms with Gasteiger partial charge in [0.1, 0.15) is 5.82 Å². The highest BCUT2D eigenvalue weighted by Gasteiger charge is 2.31. The molecule has 29 heavy (non-hydrogen) atoms. The van der Waals surface area contributed by atoms with Crippen molar-refractivity contribution in [1.82, 2.24) is 0 Å². The van der Waals surface area contributed by atoms with Gasteiger partial charge in [-0.1, -0.05) is 44.7 Å². The van der Waals surface area contributed by atoms with Gasteiger partial charge in [-0.25, -0.2) is 17.6 Å². The molecular weight excluding hydrogens is 376 g/mol. The first-order valence-corrected chi connectivity index (χ1v) is 10.9. The summed E-state index contributed by atoms with van der Waals surface area (Å²) >= 11 is 0. The highest BCUT2D eigenvalue weighted by Crippen LogP contribution is 2.42. The van der Waals surface area contributed by atoms with Gasteiger partial charge >= 0.3 is 0 Å². The first-order valence-electron chi connectivity index (χ1n) is 10.9. The predicted molar refractivity (Wildman–Crippen MR) is 108 cm³/mol. The Morgan fingerprint density at radius 2 is 1.52 bits per heavy atom. The summed E-state index contributed by atoms with van der Waals surface area (Å²) in [6, 6.07) is 5.20. The van der Waals surface area contributed by atoms with E-state index in [9.17, 15) is 13.2 Å². The van der Waals surface area contributed by atoms with Gasteiger partial charge in [0.15, 0.2) is 17.5 Å². The van der Waals surface area contributed by atoms with E-state index in [2.05, 4.69) is 6.92 Å². The van der Waals surface area contributed by atoms with Crippen molar-refractivity contribution in [3.05, 3.63) is 58.7 Å². The van der Waals surface area contributed by atoms with Gasteiger partial charge in [-0.3, -0.25) is 0 Å². The number of halogens is 4. The van der Waals surface area contributed by atoms with E-state index in [4.69, 9.17) is 0 Å². The zero-order valence-electron chi connectivity index (χ0n) is 16.9.